The van der Waals surface area contributed by atoms with Crippen LogP contribution in [0.15, 0.2) is 4.63 Å². The van der Waals surface area contributed by atoms with Crippen LogP contribution in [0.5, 0.6) is 0 Å². The van der Waals surface area contributed by atoms with Crippen molar-refractivity contribution < 1.29 is 4.63 Å². The van der Waals surface area contributed by atoms with Gasteiger partial charge in [-0.25, -0.2) is 4.63 Å². The second-order valence-corrected chi connectivity index (χ2v) is 3.90. The van der Waals surface area contributed by atoms with Gasteiger partial charge < -0.3 is 10.6 Å². The number of hydrogen-bond donors (Lipinski definition) is 1. The van der Waals surface area contributed by atoms with E-state index in [9.17, 15) is 0 Å². The van der Waals surface area contributed by atoms with E-state index < -0.39 is 0 Å². The Morgan fingerprint density at radius 1 is 1.57 bits per heavy atom. The van der Waals surface area contributed by atoms with Crippen molar-refractivity contribution in [2.75, 3.05) is 20.1 Å². The van der Waals surface area contributed by atoms with E-state index >= 15 is 0 Å². The zero-order chi connectivity index (χ0) is 9.97. The van der Waals surface area contributed by atoms with E-state index in [1.165, 1.54) is 13.0 Å². The zero-order valence-electron chi connectivity index (χ0n) is 8.44. The summed E-state index contributed by atoms with van der Waals surface area (Å²) in [6.45, 7) is 2.61. The first-order valence-electron chi connectivity index (χ1n) is 5.01. The molecule has 0 aliphatic carbocycles. The molecule has 0 aromatic carbocycles. The predicted octanol–water partition coefficient (Wildman–Crippen LogP) is 0.338. The molecule has 0 bridgehead atoms. The van der Waals surface area contributed by atoms with Gasteiger partial charge in [0, 0.05) is 19.0 Å². The minimum absolute atomic E-state index is 0.416. The lowest BCUT2D eigenvalue weighted by atomic mass is 9.94. The minimum Gasteiger partial charge on any atom is -0.325 e. The average Bonchev–Trinajstić information content (AvgIpc) is 2.65. The van der Waals surface area contributed by atoms with Crippen LogP contribution in [0.3, 0.4) is 0 Å². The fourth-order valence-corrected chi connectivity index (χ4v) is 2.05. The number of likely N-dealkylation sites (N-methyl/N-ethyl adjacent to an activating group) is 1. The third-order valence-corrected chi connectivity index (χ3v) is 2.79. The third-order valence-electron chi connectivity index (χ3n) is 2.79. The number of hydrogen-bond acceptors (Lipinski definition) is 5. The maximum Gasteiger partial charge on any atom is 0.122 e. The van der Waals surface area contributed by atoms with Gasteiger partial charge in [-0.2, -0.15) is 0 Å². The molecule has 1 fully saturated rings. The van der Waals surface area contributed by atoms with Gasteiger partial charge in [-0.15, -0.1) is 0 Å². The summed E-state index contributed by atoms with van der Waals surface area (Å²) in [5, 5.41) is 7.76. The van der Waals surface area contributed by atoms with Crippen molar-refractivity contribution in [3.05, 3.63) is 11.4 Å². The number of rotatable bonds is 2. The summed E-state index contributed by atoms with van der Waals surface area (Å²) in [4.78, 5) is 2.31. The fraction of sp³-hybridized carbons (Fsp3) is 0.778. The second-order valence-electron chi connectivity index (χ2n) is 3.90. The second kappa shape index (κ2) is 4.06. The monoisotopic (exact) mass is 196 g/mol. The van der Waals surface area contributed by atoms with Crippen LogP contribution in [0.25, 0.3) is 0 Å². The highest BCUT2D eigenvalue weighted by Crippen LogP contribution is 2.26. The van der Waals surface area contributed by atoms with Gasteiger partial charge in [0.15, 0.2) is 0 Å². The van der Waals surface area contributed by atoms with Crippen LogP contribution >= 0.6 is 0 Å². The van der Waals surface area contributed by atoms with Gasteiger partial charge in [-0.1, -0.05) is 10.3 Å². The molecular weight excluding hydrogens is 180 g/mol. The number of piperidine rings is 1. The maximum absolute atomic E-state index is 5.56. The van der Waals surface area contributed by atoms with Crippen molar-refractivity contribution in [2.45, 2.75) is 25.3 Å². The van der Waals surface area contributed by atoms with Crippen molar-refractivity contribution >= 4 is 0 Å². The molecule has 1 aliphatic heterocycles. The molecule has 1 atom stereocenters. The molecule has 1 aliphatic rings. The Balaban J connectivity index is 2.13. The molecule has 0 amide bonds. The summed E-state index contributed by atoms with van der Waals surface area (Å²) in [5.74, 6) is 0.443. The van der Waals surface area contributed by atoms with Crippen molar-refractivity contribution in [2.24, 2.45) is 5.73 Å². The molecule has 14 heavy (non-hydrogen) atoms. The number of aromatic nitrogens is 2. The van der Waals surface area contributed by atoms with Gasteiger partial charge in [0.05, 0.1) is 0 Å². The van der Waals surface area contributed by atoms with Crippen LogP contribution in [0, 0.1) is 0 Å². The van der Waals surface area contributed by atoms with E-state index in [2.05, 4.69) is 22.3 Å². The van der Waals surface area contributed by atoms with E-state index in [4.69, 9.17) is 10.4 Å². The summed E-state index contributed by atoms with van der Waals surface area (Å²) < 4.78 is 4.73. The highest BCUT2D eigenvalue weighted by atomic mass is 16.6. The van der Waals surface area contributed by atoms with Crippen LogP contribution < -0.4 is 5.73 Å². The van der Waals surface area contributed by atoms with Crippen molar-refractivity contribution in [3.63, 3.8) is 0 Å². The summed E-state index contributed by atoms with van der Waals surface area (Å²) in [7, 11) is 2.13. The maximum atomic E-state index is 5.56. The Labute approximate surface area is 83.2 Å². The Morgan fingerprint density at radius 3 is 3.14 bits per heavy atom. The molecule has 0 spiro atoms. The van der Waals surface area contributed by atoms with Crippen LogP contribution in [-0.2, 0) is 6.54 Å². The van der Waals surface area contributed by atoms with Gasteiger partial charge >= 0.3 is 0 Å². The van der Waals surface area contributed by atoms with Crippen LogP contribution in [0.4, 0.5) is 0 Å². The highest BCUT2D eigenvalue weighted by Gasteiger charge is 2.24. The predicted molar refractivity (Wildman–Crippen MR) is 51.7 cm³/mol. The summed E-state index contributed by atoms with van der Waals surface area (Å²) in [5.41, 5.74) is 7.33. The molecule has 2 heterocycles. The highest BCUT2D eigenvalue weighted by molar-refractivity contribution is 5.14. The normalized spacial score (nSPS) is 24.0. The number of nitrogens with zero attached hydrogens (tertiary/aromatic N) is 3. The Kier molecular flexibility index (Phi) is 2.79. The summed E-state index contributed by atoms with van der Waals surface area (Å²) >= 11 is 0. The van der Waals surface area contributed by atoms with Crippen molar-refractivity contribution in [1.29, 1.82) is 0 Å². The van der Waals surface area contributed by atoms with Crippen molar-refractivity contribution in [1.82, 2.24) is 15.2 Å². The quantitative estimate of drug-likeness (QED) is 0.738. The molecule has 0 saturated carbocycles. The van der Waals surface area contributed by atoms with Gasteiger partial charge in [0.25, 0.3) is 0 Å². The zero-order valence-corrected chi connectivity index (χ0v) is 8.44. The lowest BCUT2D eigenvalue weighted by molar-refractivity contribution is 0.240. The molecular formula is C9H16N4O. The largest absolute Gasteiger partial charge is 0.325 e. The number of likely N-dealkylation sites (tertiary alicyclic amines) is 1. The van der Waals surface area contributed by atoms with E-state index in [-0.39, 0.29) is 0 Å². The summed E-state index contributed by atoms with van der Waals surface area (Å²) in [6, 6.07) is 0. The van der Waals surface area contributed by atoms with Crippen LogP contribution in [0.1, 0.15) is 30.1 Å². The van der Waals surface area contributed by atoms with Crippen LogP contribution in [-0.4, -0.2) is 35.4 Å². The average molecular weight is 196 g/mol. The molecule has 1 aromatic heterocycles. The molecule has 0 radical (unpaired) electrons. The fourth-order valence-electron chi connectivity index (χ4n) is 2.05. The topological polar surface area (TPSA) is 68.2 Å². The van der Waals surface area contributed by atoms with Gasteiger partial charge in [-0.3, -0.25) is 0 Å². The van der Waals surface area contributed by atoms with Gasteiger partial charge in [0.1, 0.15) is 11.4 Å². The molecule has 2 rings (SSSR count). The van der Waals surface area contributed by atoms with Crippen molar-refractivity contribution in [3.8, 4) is 0 Å². The van der Waals surface area contributed by atoms with E-state index in [0.29, 0.717) is 12.5 Å². The molecule has 1 unspecified atom stereocenters. The third kappa shape index (κ3) is 1.78. The Morgan fingerprint density at radius 2 is 2.43 bits per heavy atom. The van der Waals surface area contributed by atoms with E-state index in [0.717, 1.165) is 24.4 Å². The lowest BCUT2D eigenvalue weighted by Gasteiger charge is -2.28. The van der Waals surface area contributed by atoms with E-state index in [1.54, 1.807) is 0 Å². The molecule has 1 saturated heterocycles. The SMILES string of the molecule is CN1CCCC(c2nonc2CN)C1. The number of nitrogens with two attached hydrogens (primary N) is 1. The molecule has 2 N–H and O–H groups in total. The van der Waals surface area contributed by atoms with Gasteiger partial charge in [0.2, 0.25) is 0 Å². The van der Waals surface area contributed by atoms with E-state index in [1.807, 2.05) is 0 Å². The minimum atomic E-state index is 0.416. The lowest BCUT2D eigenvalue weighted by Crippen LogP contribution is -2.31. The van der Waals surface area contributed by atoms with Gasteiger partial charge in [-0.05, 0) is 26.4 Å². The standard InChI is InChI=1S/C9H16N4O/c1-13-4-2-3-7(6-13)9-8(5-10)11-14-12-9/h7H,2-6,10H2,1H3. The summed E-state index contributed by atoms with van der Waals surface area (Å²) in [6.07, 6.45) is 2.36. The van der Waals surface area contributed by atoms with Crippen LogP contribution in [0.2, 0.25) is 0 Å². The Bertz CT molecular complexity index is 299. The smallest absolute Gasteiger partial charge is 0.122 e. The first kappa shape index (κ1) is 9.61. The Hall–Kier alpha value is -0.940. The molecule has 78 valence electrons. The molecule has 1 aromatic rings. The first-order valence-corrected chi connectivity index (χ1v) is 5.01. The first-order chi connectivity index (χ1) is 6.81. The molecule has 5 heteroatoms. The molecule has 5 nitrogen and oxygen atoms in total.